The molecule has 1 aromatic carbocycles. The van der Waals surface area contributed by atoms with Crippen molar-refractivity contribution in [2.75, 3.05) is 5.88 Å². The SMILES string of the molecule is N#Cc1cc(C=CCCl)ccc1O. The standard InChI is InChI=1S/C10H8ClNO/c11-5-1-2-8-3-4-10(13)9(6-8)7-12/h1-4,6,13H,5H2. The molecule has 2 nitrogen and oxygen atoms in total. The van der Waals surface area contributed by atoms with Crippen molar-refractivity contribution in [2.24, 2.45) is 0 Å². The molecule has 0 fully saturated rings. The van der Waals surface area contributed by atoms with E-state index in [1.54, 1.807) is 24.3 Å². The Balaban J connectivity index is 3.01. The molecule has 0 aromatic heterocycles. The van der Waals surface area contributed by atoms with E-state index in [9.17, 15) is 5.11 Å². The van der Waals surface area contributed by atoms with Crippen LogP contribution in [0.15, 0.2) is 24.3 Å². The van der Waals surface area contributed by atoms with Crippen LogP contribution in [0, 0.1) is 11.3 Å². The molecular weight excluding hydrogens is 186 g/mol. The number of benzene rings is 1. The summed E-state index contributed by atoms with van der Waals surface area (Å²) in [5.41, 5.74) is 1.13. The lowest BCUT2D eigenvalue weighted by atomic mass is 10.1. The minimum Gasteiger partial charge on any atom is -0.507 e. The van der Waals surface area contributed by atoms with Crippen LogP contribution < -0.4 is 0 Å². The Morgan fingerprint density at radius 2 is 2.31 bits per heavy atom. The predicted molar refractivity (Wildman–Crippen MR) is 52.6 cm³/mol. The zero-order valence-corrected chi connectivity index (χ0v) is 7.62. The number of hydrogen-bond donors (Lipinski definition) is 1. The van der Waals surface area contributed by atoms with Crippen molar-refractivity contribution in [2.45, 2.75) is 0 Å². The number of halogens is 1. The summed E-state index contributed by atoms with van der Waals surface area (Å²) in [6.45, 7) is 0. The molecule has 0 heterocycles. The molecule has 0 bridgehead atoms. The second-order valence-corrected chi connectivity index (χ2v) is 2.75. The lowest BCUT2D eigenvalue weighted by molar-refractivity contribution is 0.473. The van der Waals surface area contributed by atoms with E-state index < -0.39 is 0 Å². The Labute approximate surface area is 81.7 Å². The van der Waals surface area contributed by atoms with E-state index in [2.05, 4.69) is 0 Å². The van der Waals surface area contributed by atoms with Crippen LogP contribution in [0.3, 0.4) is 0 Å². The summed E-state index contributed by atoms with van der Waals surface area (Å²) in [5.74, 6) is 0.438. The van der Waals surface area contributed by atoms with Crippen molar-refractivity contribution in [3.05, 3.63) is 35.4 Å². The topological polar surface area (TPSA) is 44.0 Å². The summed E-state index contributed by atoms with van der Waals surface area (Å²) in [6.07, 6.45) is 3.57. The molecule has 1 rings (SSSR count). The molecule has 0 aliphatic heterocycles. The van der Waals surface area contributed by atoms with Crippen LogP contribution in [0.2, 0.25) is 0 Å². The molecule has 0 aliphatic carbocycles. The molecule has 1 N–H and O–H groups in total. The van der Waals surface area contributed by atoms with Crippen molar-refractivity contribution in [3.8, 4) is 11.8 Å². The Kier molecular flexibility index (Phi) is 3.36. The summed E-state index contributed by atoms with van der Waals surface area (Å²) >= 11 is 5.46. The highest BCUT2D eigenvalue weighted by Crippen LogP contribution is 2.17. The monoisotopic (exact) mass is 193 g/mol. The first kappa shape index (κ1) is 9.63. The highest BCUT2D eigenvalue weighted by molar-refractivity contribution is 6.19. The predicted octanol–water partition coefficient (Wildman–Crippen LogP) is 2.52. The van der Waals surface area contributed by atoms with Gasteiger partial charge in [0.25, 0.3) is 0 Å². The minimum absolute atomic E-state index is 0.00511. The Bertz CT molecular complexity index is 366. The fourth-order valence-corrected chi connectivity index (χ4v) is 1.02. The number of alkyl halides is 1. The first-order valence-corrected chi connectivity index (χ1v) is 4.27. The average molecular weight is 194 g/mol. The largest absolute Gasteiger partial charge is 0.507 e. The molecule has 0 saturated heterocycles. The molecule has 0 spiro atoms. The summed E-state index contributed by atoms with van der Waals surface area (Å²) in [5, 5.41) is 17.8. The van der Waals surface area contributed by atoms with Crippen molar-refractivity contribution < 1.29 is 5.11 Å². The third kappa shape index (κ3) is 2.50. The molecule has 0 unspecified atom stereocenters. The fraction of sp³-hybridized carbons (Fsp3) is 0.100. The van der Waals surface area contributed by atoms with E-state index in [1.807, 2.05) is 6.07 Å². The number of rotatable bonds is 2. The maximum absolute atomic E-state index is 9.19. The molecular formula is C10H8ClNO. The number of phenols is 1. The summed E-state index contributed by atoms with van der Waals surface area (Å²) in [7, 11) is 0. The third-order valence-electron chi connectivity index (χ3n) is 1.54. The normalized spacial score (nSPS) is 10.2. The quantitative estimate of drug-likeness (QED) is 0.734. The van der Waals surface area contributed by atoms with Crippen LogP contribution >= 0.6 is 11.6 Å². The molecule has 0 atom stereocenters. The number of hydrogen-bond acceptors (Lipinski definition) is 2. The van der Waals surface area contributed by atoms with Crippen LogP contribution in [0.25, 0.3) is 6.08 Å². The van der Waals surface area contributed by atoms with Gasteiger partial charge in [-0.3, -0.25) is 0 Å². The number of phenolic OH excluding ortho intramolecular Hbond substituents is 1. The zero-order valence-electron chi connectivity index (χ0n) is 6.87. The van der Waals surface area contributed by atoms with Gasteiger partial charge in [-0.25, -0.2) is 0 Å². The summed E-state index contributed by atoms with van der Waals surface area (Å²) < 4.78 is 0. The van der Waals surface area contributed by atoms with Crippen molar-refractivity contribution >= 4 is 17.7 Å². The second kappa shape index (κ2) is 4.54. The van der Waals surface area contributed by atoms with Crippen molar-refractivity contribution in [1.29, 1.82) is 5.26 Å². The molecule has 3 heteroatoms. The fourth-order valence-electron chi connectivity index (χ4n) is 0.928. The van der Waals surface area contributed by atoms with E-state index >= 15 is 0 Å². The van der Waals surface area contributed by atoms with Gasteiger partial charge < -0.3 is 5.11 Å². The lowest BCUT2D eigenvalue weighted by Crippen LogP contribution is -1.78. The van der Waals surface area contributed by atoms with Crippen molar-refractivity contribution in [1.82, 2.24) is 0 Å². The third-order valence-corrected chi connectivity index (χ3v) is 1.72. The first-order chi connectivity index (χ1) is 6.27. The van der Waals surface area contributed by atoms with Crippen LogP contribution in [-0.4, -0.2) is 11.0 Å². The average Bonchev–Trinajstić information content (AvgIpc) is 2.16. The van der Waals surface area contributed by atoms with Gasteiger partial charge in [0.2, 0.25) is 0 Å². The summed E-state index contributed by atoms with van der Waals surface area (Å²) in [4.78, 5) is 0. The minimum atomic E-state index is 0.00511. The van der Waals surface area contributed by atoms with Crippen LogP contribution in [-0.2, 0) is 0 Å². The Hall–Kier alpha value is -1.46. The second-order valence-electron chi connectivity index (χ2n) is 2.45. The highest BCUT2D eigenvalue weighted by Gasteiger charge is 1.98. The van der Waals surface area contributed by atoms with Crippen LogP contribution in [0.5, 0.6) is 5.75 Å². The van der Waals surface area contributed by atoms with Gasteiger partial charge in [0.1, 0.15) is 11.8 Å². The molecule has 66 valence electrons. The van der Waals surface area contributed by atoms with Gasteiger partial charge in [-0.1, -0.05) is 18.2 Å². The number of nitrogens with zero attached hydrogens (tertiary/aromatic N) is 1. The van der Waals surface area contributed by atoms with Crippen molar-refractivity contribution in [3.63, 3.8) is 0 Å². The van der Waals surface area contributed by atoms with E-state index in [0.717, 1.165) is 5.56 Å². The van der Waals surface area contributed by atoms with Crippen LogP contribution in [0.1, 0.15) is 11.1 Å². The van der Waals surface area contributed by atoms with E-state index in [1.165, 1.54) is 6.07 Å². The highest BCUT2D eigenvalue weighted by atomic mass is 35.5. The first-order valence-electron chi connectivity index (χ1n) is 3.73. The Morgan fingerprint density at radius 3 is 2.92 bits per heavy atom. The maximum atomic E-state index is 9.19. The van der Waals surface area contributed by atoms with E-state index in [0.29, 0.717) is 5.88 Å². The van der Waals surface area contributed by atoms with Gasteiger partial charge in [0.05, 0.1) is 5.56 Å². The molecule has 0 radical (unpaired) electrons. The lowest BCUT2D eigenvalue weighted by Gasteiger charge is -1.96. The smallest absolute Gasteiger partial charge is 0.133 e. The van der Waals surface area contributed by atoms with Crippen LogP contribution in [0.4, 0.5) is 0 Å². The zero-order chi connectivity index (χ0) is 9.68. The maximum Gasteiger partial charge on any atom is 0.133 e. The van der Waals surface area contributed by atoms with Gasteiger partial charge in [-0.2, -0.15) is 5.26 Å². The van der Waals surface area contributed by atoms with E-state index in [-0.39, 0.29) is 11.3 Å². The Morgan fingerprint density at radius 1 is 1.54 bits per heavy atom. The molecule has 0 amide bonds. The molecule has 0 saturated carbocycles. The van der Waals surface area contributed by atoms with Gasteiger partial charge in [-0.15, -0.1) is 11.6 Å². The van der Waals surface area contributed by atoms with Gasteiger partial charge in [-0.05, 0) is 17.7 Å². The molecule has 0 aliphatic rings. The molecule has 13 heavy (non-hydrogen) atoms. The summed E-state index contributed by atoms with van der Waals surface area (Å²) in [6, 6.07) is 6.72. The number of nitriles is 1. The number of aromatic hydroxyl groups is 1. The van der Waals surface area contributed by atoms with Gasteiger partial charge in [0, 0.05) is 5.88 Å². The number of allylic oxidation sites excluding steroid dienone is 1. The van der Waals surface area contributed by atoms with Gasteiger partial charge in [0.15, 0.2) is 0 Å². The van der Waals surface area contributed by atoms with Gasteiger partial charge >= 0.3 is 0 Å². The molecule has 1 aromatic rings. The van der Waals surface area contributed by atoms with E-state index in [4.69, 9.17) is 16.9 Å².